The van der Waals surface area contributed by atoms with Crippen LogP contribution >= 0.6 is 0 Å². The lowest BCUT2D eigenvalue weighted by Gasteiger charge is -2.36. The van der Waals surface area contributed by atoms with Crippen molar-refractivity contribution in [3.63, 3.8) is 0 Å². The molecule has 1 aromatic carbocycles. The lowest BCUT2D eigenvalue weighted by atomic mass is 10.1. The Morgan fingerprint density at radius 3 is 2.22 bits per heavy atom. The molecule has 1 amide bonds. The van der Waals surface area contributed by atoms with Crippen molar-refractivity contribution in [2.45, 2.75) is 57.8 Å². The standard InChI is InChI=1S/C19H29F2NO4Si/c1-19(2,3)27(5,6)26-11-10-16(18(24)25-4)22-17(23)12-13-14(20)8-7-9-15(13)21/h7-9,16H,10-12H2,1-6H3,(H,22,23)/t16-/m0/s1. The van der Waals surface area contributed by atoms with Crippen LogP contribution in [0.25, 0.3) is 0 Å². The van der Waals surface area contributed by atoms with Gasteiger partial charge in [-0.3, -0.25) is 4.79 Å². The topological polar surface area (TPSA) is 64.6 Å². The summed E-state index contributed by atoms with van der Waals surface area (Å²) in [6, 6.07) is 2.44. The molecule has 152 valence electrons. The zero-order valence-corrected chi connectivity index (χ0v) is 17.8. The third-order valence-corrected chi connectivity index (χ3v) is 9.43. The fourth-order valence-electron chi connectivity index (χ4n) is 2.15. The van der Waals surface area contributed by atoms with E-state index in [1.807, 2.05) is 0 Å². The molecule has 0 aliphatic heterocycles. The molecule has 5 nitrogen and oxygen atoms in total. The molecular formula is C19H29F2NO4Si. The average molecular weight is 402 g/mol. The van der Waals surface area contributed by atoms with E-state index in [0.29, 0.717) is 0 Å². The van der Waals surface area contributed by atoms with Gasteiger partial charge in [0, 0.05) is 18.6 Å². The first-order valence-corrected chi connectivity index (χ1v) is 11.7. The SMILES string of the molecule is COC(=O)[C@H](CCO[Si](C)(C)C(C)(C)C)NC(=O)Cc1c(F)cccc1F. The summed E-state index contributed by atoms with van der Waals surface area (Å²) in [5.74, 6) is -2.90. The van der Waals surface area contributed by atoms with Crippen molar-refractivity contribution < 1.29 is 27.5 Å². The smallest absolute Gasteiger partial charge is 0.328 e. The highest BCUT2D eigenvalue weighted by Gasteiger charge is 2.37. The monoisotopic (exact) mass is 401 g/mol. The van der Waals surface area contributed by atoms with E-state index in [-0.39, 0.29) is 23.6 Å². The molecule has 0 bridgehead atoms. The van der Waals surface area contributed by atoms with Gasteiger partial charge in [0.05, 0.1) is 13.5 Å². The molecule has 1 N–H and O–H groups in total. The highest BCUT2D eigenvalue weighted by Crippen LogP contribution is 2.36. The van der Waals surface area contributed by atoms with E-state index in [2.05, 4.69) is 39.2 Å². The van der Waals surface area contributed by atoms with Crippen LogP contribution in [0.4, 0.5) is 8.78 Å². The Balaban J connectivity index is 2.72. The Bertz CT molecular complexity index is 654. The Morgan fingerprint density at radius 1 is 1.19 bits per heavy atom. The third kappa shape index (κ3) is 6.70. The van der Waals surface area contributed by atoms with Gasteiger partial charge in [0.2, 0.25) is 5.91 Å². The number of rotatable bonds is 8. The maximum absolute atomic E-state index is 13.7. The number of hydrogen-bond donors (Lipinski definition) is 1. The molecule has 0 radical (unpaired) electrons. The molecule has 0 aliphatic rings. The van der Waals surface area contributed by atoms with Crippen molar-refractivity contribution in [1.29, 1.82) is 0 Å². The van der Waals surface area contributed by atoms with Gasteiger partial charge in [-0.25, -0.2) is 13.6 Å². The van der Waals surface area contributed by atoms with Gasteiger partial charge in [0.1, 0.15) is 17.7 Å². The van der Waals surface area contributed by atoms with E-state index in [1.54, 1.807) is 0 Å². The Morgan fingerprint density at radius 2 is 1.74 bits per heavy atom. The summed E-state index contributed by atoms with van der Waals surface area (Å²) in [7, 11) is -0.782. The summed E-state index contributed by atoms with van der Waals surface area (Å²) in [6.45, 7) is 10.7. The lowest BCUT2D eigenvalue weighted by molar-refractivity contribution is -0.145. The van der Waals surface area contributed by atoms with Gasteiger partial charge >= 0.3 is 5.97 Å². The average Bonchev–Trinajstić information content (AvgIpc) is 2.55. The number of benzene rings is 1. The minimum atomic E-state index is -2.00. The number of hydrogen-bond acceptors (Lipinski definition) is 4. The van der Waals surface area contributed by atoms with E-state index < -0.39 is 44.3 Å². The van der Waals surface area contributed by atoms with Crippen LogP contribution in [0.1, 0.15) is 32.8 Å². The van der Waals surface area contributed by atoms with Crippen LogP contribution in [0.3, 0.4) is 0 Å². The van der Waals surface area contributed by atoms with Gasteiger partial charge in [0.15, 0.2) is 8.32 Å². The Hall–Kier alpha value is -1.80. The fraction of sp³-hybridized carbons (Fsp3) is 0.579. The molecule has 0 saturated heterocycles. The summed E-state index contributed by atoms with van der Waals surface area (Å²) >= 11 is 0. The van der Waals surface area contributed by atoms with Crippen molar-refractivity contribution in [2.24, 2.45) is 0 Å². The molecule has 0 aromatic heterocycles. The Labute approximate surface area is 160 Å². The molecule has 27 heavy (non-hydrogen) atoms. The van der Waals surface area contributed by atoms with Gasteiger partial charge in [-0.05, 0) is 30.3 Å². The van der Waals surface area contributed by atoms with Crippen molar-refractivity contribution in [3.8, 4) is 0 Å². The van der Waals surface area contributed by atoms with E-state index in [0.717, 1.165) is 12.1 Å². The minimum absolute atomic E-state index is 0.0133. The number of esters is 1. The summed E-state index contributed by atoms with van der Waals surface area (Å²) in [6.07, 6.45) is -0.292. The number of carbonyl (C=O) groups excluding carboxylic acids is 2. The van der Waals surface area contributed by atoms with Gasteiger partial charge in [0.25, 0.3) is 0 Å². The van der Waals surface area contributed by atoms with Crippen molar-refractivity contribution >= 4 is 20.2 Å². The molecule has 0 heterocycles. The van der Waals surface area contributed by atoms with E-state index >= 15 is 0 Å². The maximum Gasteiger partial charge on any atom is 0.328 e. The molecule has 0 fully saturated rings. The molecule has 1 rings (SSSR count). The second kappa shape index (κ2) is 9.41. The number of halogens is 2. The second-order valence-electron chi connectivity index (χ2n) is 7.92. The molecule has 8 heteroatoms. The van der Waals surface area contributed by atoms with Crippen LogP contribution in [0, 0.1) is 11.6 Å². The van der Waals surface area contributed by atoms with Gasteiger partial charge < -0.3 is 14.5 Å². The summed E-state index contributed by atoms with van der Waals surface area (Å²) in [5, 5.41) is 2.50. The fourth-order valence-corrected chi connectivity index (χ4v) is 3.21. The largest absolute Gasteiger partial charge is 0.467 e. The Kier molecular flexibility index (Phi) is 8.10. The third-order valence-electron chi connectivity index (χ3n) is 4.90. The molecule has 1 aromatic rings. The van der Waals surface area contributed by atoms with Gasteiger partial charge in [-0.15, -0.1) is 0 Å². The highest BCUT2D eigenvalue weighted by atomic mass is 28.4. The van der Waals surface area contributed by atoms with Crippen LogP contribution in [-0.4, -0.2) is 40.0 Å². The first-order chi connectivity index (χ1) is 12.4. The predicted octanol–water partition coefficient (Wildman–Crippen LogP) is 3.58. The number of amides is 1. The summed E-state index contributed by atoms with van der Waals surface area (Å²) in [4.78, 5) is 24.1. The number of methoxy groups -OCH3 is 1. The lowest BCUT2D eigenvalue weighted by Crippen LogP contribution is -2.45. The molecule has 1 atom stereocenters. The quantitative estimate of drug-likeness (QED) is 0.534. The molecule has 0 saturated carbocycles. The van der Waals surface area contributed by atoms with E-state index in [4.69, 9.17) is 9.16 Å². The molecule has 0 spiro atoms. The summed E-state index contributed by atoms with van der Waals surface area (Å²) < 4.78 is 38.1. The molecule has 0 aliphatic carbocycles. The molecule has 0 unspecified atom stereocenters. The van der Waals surface area contributed by atoms with Gasteiger partial charge in [-0.1, -0.05) is 26.8 Å². The normalized spacial score (nSPS) is 13.2. The number of nitrogens with one attached hydrogen (secondary N) is 1. The minimum Gasteiger partial charge on any atom is -0.467 e. The van der Waals surface area contributed by atoms with Crippen LogP contribution in [0.5, 0.6) is 0 Å². The van der Waals surface area contributed by atoms with Crippen LogP contribution < -0.4 is 5.32 Å². The van der Waals surface area contributed by atoms with Crippen LogP contribution in [-0.2, 0) is 25.2 Å². The maximum atomic E-state index is 13.7. The second-order valence-corrected chi connectivity index (χ2v) is 12.7. The molecular weight excluding hydrogens is 372 g/mol. The summed E-state index contributed by atoms with van der Waals surface area (Å²) in [5.41, 5.74) is -0.337. The van der Waals surface area contributed by atoms with E-state index in [1.165, 1.54) is 13.2 Å². The van der Waals surface area contributed by atoms with Gasteiger partial charge in [-0.2, -0.15) is 0 Å². The van der Waals surface area contributed by atoms with Crippen molar-refractivity contribution in [1.82, 2.24) is 5.32 Å². The number of ether oxygens (including phenoxy) is 1. The van der Waals surface area contributed by atoms with Crippen LogP contribution in [0.2, 0.25) is 18.1 Å². The zero-order chi connectivity index (χ0) is 20.8. The van der Waals surface area contributed by atoms with E-state index in [9.17, 15) is 18.4 Å². The first-order valence-electron chi connectivity index (χ1n) is 8.83. The van der Waals surface area contributed by atoms with Crippen molar-refractivity contribution in [3.05, 3.63) is 35.4 Å². The van der Waals surface area contributed by atoms with Crippen LogP contribution in [0.15, 0.2) is 18.2 Å². The zero-order valence-electron chi connectivity index (χ0n) is 16.8. The number of carbonyl (C=O) groups is 2. The van der Waals surface area contributed by atoms with Crippen molar-refractivity contribution in [2.75, 3.05) is 13.7 Å². The predicted molar refractivity (Wildman–Crippen MR) is 102 cm³/mol. The first kappa shape index (κ1) is 23.2. The highest BCUT2D eigenvalue weighted by molar-refractivity contribution is 6.74.